The molecule has 0 aliphatic carbocycles. The Morgan fingerprint density at radius 3 is 2.72 bits per heavy atom. The lowest BCUT2D eigenvalue weighted by molar-refractivity contribution is 0.0243. The number of carbonyl (C=O) groups is 1. The van der Waals surface area contributed by atoms with Gasteiger partial charge in [-0.25, -0.2) is 4.79 Å². The van der Waals surface area contributed by atoms with Crippen LogP contribution in [0.5, 0.6) is 0 Å². The van der Waals surface area contributed by atoms with Gasteiger partial charge in [-0.2, -0.15) is 0 Å². The van der Waals surface area contributed by atoms with Crippen LogP contribution in [-0.4, -0.2) is 36.0 Å². The third-order valence-electron chi connectivity index (χ3n) is 2.29. The summed E-state index contributed by atoms with van der Waals surface area (Å²) < 4.78 is 10.6. The summed E-state index contributed by atoms with van der Waals surface area (Å²) in [5.41, 5.74) is 0.648. The molecule has 0 aromatic heterocycles. The van der Waals surface area contributed by atoms with Crippen molar-refractivity contribution in [3.05, 3.63) is 23.6 Å². The largest absolute Gasteiger partial charge is 0.497 e. The highest BCUT2D eigenvalue weighted by atomic mass is 16.6. The summed E-state index contributed by atoms with van der Waals surface area (Å²) in [4.78, 5) is 13.6. The fraction of sp³-hybridized carbons (Fsp3) is 0.538. The van der Waals surface area contributed by atoms with Gasteiger partial charge in [0.15, 0.2) is 0 Å². The molecule has 0 radical (unpaired) electrons. The van der Waals surface area contributed by atoms with Crippen molar-refractivity contribution >= 4 is 12.3 Å². The van der Waals surface area contributed by atoms with Crippen molar-refractivity contribution in [2.24, 2.45) is 0 Å². The van der Waals surface area contributed by atoms with Gasteiger partial charge in [-0.3, -0.25) is 4.90 Å². The van der Waals surface area contributed by atoms with Crippen molar-refractivity contribution in [2.45, 2.75) is 33.3 Å². The molecule has 18 heavy (non-hydrogen) atoms. The molecular weight excluding hydrogens is 232 g/mol. The second-order valence-electron chi connectivity index (χ2n) is 4.89. The van der Waals surface area contributed by atoms with Crippen LogP contribution >= 0.6 is 0 Å². The first kappa shape index (κ1) is 14.3. The van der Waals surface area contributed by atoms with Gasteiger partial charge in [0, 0.05) is 11.8 Å². The first-order valence-corrected chi connectivity index (χ1v) is 5.88. The average Bonchev–Trinajstić information content (AvgIpc) is 2.29. The van der Waals surface area contributed by atoms with Gasteiger partial charge in [-0.05, 0) is 27.7 Å². The second kappa shape index (κ2) is 5.71. The predicted octanol–water partition coefficient (Wildman–Crippen LogP) is 2.69. The summed E-state index contributed by atoms with van der Waals surface area (Å²) in [6, 6.07) is 0. The fourth-order valence-electron chi connectivity index (χ4n) is 1.50. The molecular formula is C13H20N2O3. The molecule has 0 aromatic rings. The molecule has 0 atom stereocenters. The molecule has 0 saturated carbocycles. The third-order valence-corrected chi connectivity index (χ3v) is 2.29. The maximum Gasteiger partial charge on any atom is 0.415 e. The number of ether oxygens (including phenoxy) is 2. The lowest BCUT2D eigenvalue weighted by Gasteiger charge is -2.31. The number of allylic oxidation sites excluding steroid dienone is 2. The van der Waals surface area contributed by atoms with E-state index in [1.54, 1.807) is 6.08 Å². The molecule has 0 bridgehead atoms. The van der Waals surface area contributed by atoms with Gasteiger partial charge in [0.05, 0.1) is 12.2 Å². The Bertz CT molecular complexity index is 392. The Kier molecular flexibility index (Phi) is 4.53. The van der Waals surface area contributed by atoms with Crippen molar-refractivity contribution < 1.29 is 14.3 Å². The molecule has 5 heteroatoms. The van der Waals surface area contributed by atoms with Crippen LogP contribution < -0.4 is 0 Å². The first-order chi connectivity index (χ1) is 8.39. The summed E-state index contributed by atoms with van der Waals surface area (Å²) in [7, 11) is 0. The minimum absolute atomic E-state index is 0.418. The van der Waals surface area contributed by atoms with Crippen molar-refractivity contribution in [3.8, 4) is 0 Å². The Balaban J connectivity index is 2.92. The fourth-order valence-corrected chi connectivity index (χ4v) is 1.50. The van der Waals surface area contributed by atoms with Crippen molar-refractivity contribution in [2.75, 3.05) is 13.2 Å². The number of amides is 1. The van der Waals surface area contributed by atoms with Crippen molar-refractivity contribution in [3.63, 3.8) is 0 Å². The zero-order valence-electron chi connectivity index (χ0n) is 11.3. The number of carbonyl (C=O) groups excluding carboxylic acids is 1. The van der Waals surface area contributed by atoms with Crippen LogP contribution in [0.2, 0.25) is 0 Å². The number of hydrogen-bond acceptors (Lipinski definition) is 4. The van der Waals surface area contributed by atoms with Crippen molar-refractivity contribution in [1.82, 2.24) is 4.90 Å². The first-order valence-electron chi connectivity index (χ1n) is 5.88. The summed E-state index contributed by atoms with van der Waals surface area (Å²) in [6.07, 6.45) is 4.02. The van der Waals surface area contributed by atoms with Crippen LogP contribution in [0.4, 0.5) is 4.79 Å². The van der Waals surface area contributed by atoms with E-state index in [9.17, 15) is 4.79 Å². The van der Waals surface area contributed by atoms with E-state index in [1.165, 1.54) is 17.4 Å². The van der Waals surface area contributed by atoms with E-state index in [0.717, 1.165) is 0 Å². The van der Waals surface area contributed by atoms with E-state index in [0.29, 0.717) is 24.4 Å². The highest BCUT2D eigenvalue weighted by molar-refractivity contribution is 5.85. The Labute approximate surface area is 108 Å². The summed E-state index contributed by atoms with van der Waals surface area (Å²) in [5.74, 6) is 0. The molecule has 0 spiro atoms. The number of nitrogens with zero attached hydrogens (tertiary/aromatic N) is 1. The van der Waals surface area contributed by atoms with Gasteiger partial charge in [0.25, 0.3) is 0 Å². The van der Waals surface area contributed by atoms with Gasteiger partial charge in [-0.15, -0.1) is 0 Å². The molecule has 1 rings (SSSR count). The van der Waals surface area contributed by atoms with Gasteiger partial charge in [0.1, 0.15) is 18.5 Å². The summed E-state index contributed by atoms with van der Waals surface area (Å²) in [5, 5.41) is 7.34. The van der Waals surface area contributed by atoms with E-state index in [2.05, 4.69) is 0 Å². The standard InChI is InChI=1S/C13H20N2O3/c1-5-10(8-14)11-9-17-7-6-15(11)12(16)18-13(2,3)4/h5,8-9,14H,6-7H2,1-4H3/b10-5+,14-8?. The van der Waals surface area contributed by atoms with E-state index in [4.69, 9.17) is 14.9 Å². The minimum Gasteiger partial charge on any atom is -0.497 e. The summed E-state index contributed by atoms with van der Waals surface area (Å²) in [6.45, 7) is 8.12. The van der Waals surface area contributed by atoms with Gasteiger partial charge in [-0.1, -0.05) is 6.08 Å². The smallest absolute Gasteiger partial charge is 0.415 e. The topological polar surface area (TPSA) is 62.6 Å². The van der Waals surface area contributed by atoms with Crippen LogP contribution in [-0.2, 0) is 9.47 Å². The molecule has 1 heterocycles. The van der Waals surface area contributed by atoms with Gasteiger partial charge in [0.2, 0.25) is 0 Å². The molecule has 0 aromatic carbocycles. The number of rotatable bonds is 2. The molecule has 100 valence electrons. The van der Waals surface area contributed by atoms with E-state index < -0.39 is 11.7 Å². The molecule has 5 nitrogen and oxygen atoms in total. The second-order valence-corrected chi connectivity index (χ2v) is 4.89. The van der Waals surface area contributed by atoms with Crippen molar-refractivity contribution in [1.29, 1.82) is 5.41 Å². The molecule has 1 N–H and O–H groups in total. The summed E-state index contributed by atoms with van der Waals surface area (Å²) >= 11 is 0. The van der Waals surface area contributed by atoms with E-state index in [-0.39, 0.29) is 0 Å². The number of nitrogens with one attached hydrogen (secondary N) is 1. The molecule has 1 aliphatic heterocycles. The molecule has 1 aliphatic rings. The highest BCUT2D eigenvalue weighted by Gasteiger charge is 2.27. The molecule has 0 unspecified atom stereocenters. The maximum atomic E-state index is 12.1. The van der Waals surface area contributed by atoms with Gasteiger partial charge < -0.3 is 14.9 Å². The van der Waals surface area contributed by atoms with Crippen LogP contribution in [0.15, 0.2) is 23.6 Å². The van der Waals surface area contributed by atoms with E-state index in [1.807, 2.05) is 27.7 Å². The SMILES string of the molecule is C/C=C(\C=N)C1=COCCN1C(=O)OC(C)(C)C. The number of hydrogen-bond donors (Lipinski definition) is 1. The Morgan fingerprint density at radius 2 is 2.22 bits per heavy atom. The monoisotopic (exact) mass is 252 g/mol. The Hall–Kier alpha value is -1.78. The zero-order chi connectivity index (χ0) is 13.8. The van der Waals surface area contributed by atoms with Crippen LogP contribution in [0, 0.1) is 5.41 Å². The minimum atomic E-state index is -0.540. The quantitative estimate of drug-likeness (QED) is 0.768. The normalized spacial score (nSPS) is 16.8. The van der Waals surface area contributed by atoms with Crippen LogP contribution in [0.25, 0.3) is 0 Å². The lowest BCUT2D eigenvalue weighted by Crippen LogP contribution is -2.40. The predicted molar refractivity (Wildman–Crippen MR) is 69.5 cm³/mol. The molecule has 0 saturated heterocycles. The third kappa shape index (κ3) is 3.61. The van der Waals surface area contributed by atoms with Crippen LogP contribution in [0.3, 0.4) is 0 Å². The Morgan fingerprint density at radius 1 is 1.56 bits per heavy atom. The molecule has 1 amide bonds. The van der Waals surface area contributed by atoms with Gasteiger partial charge >= 0.3 is 6.09 Å². The lowest BCUT2D eigenvalue weighted by atomic mass is 10.1. The highest BCUT2D eigenvalue weighted by Crippen LogP contribution is 2.21. The molecule has 0 fully saturated rings. The zero-order valence-corrected chi connectivity index (χ0v) is 11.3. The van der Waals surface area contributed by atoms with Crippen LogP contribution in [0.1, 0.15) is 27.7 Å². The average molecular weight is 252 g/mol. The van der Waals surface area contributed by atoms with E-state index >= 15 is 0 Å². The maximum absolute atomic E-state index is 12.1.